The van der Waals surface area contributed by atoms with Crippen molar-refractivity contribution in [2.75, 3.05) is 42.6 Å². The third-order valence-corrected chi connectivity index (χ3v) is 5.21. The van der Waals surface area contributed by atoms with Gasteiger partial charge in [0, 0.05) is 44.3 Å². The summed E-state index contributed by atoms with van der Waals surface area (Å²) in [5, 5.41) is 0.990. The fraction of sp³-hybridized carbons (Fsp3) is 0.400. The highest BCUT2D eigenvalue weighted by molar-refractivity contribution is 5.86. The van der Waals surface area contributed by atoms with Crippen molar-refractivity contribution in [2.24, 2.45) is 5.92 Å². The van der Waals surface area contributed by atoms with E-state index in [1.165, 1.54) is 18.5 Å². The average Bonchev–Trinajstić information content (AvgIpc) is 3.57. The fourth-order valence-corrected chi connectivity index (χ4v) is 3.43. The second-order valence-corrected chi connectivity index (χ2v) is 7.16. The van der Waals surface area contributed by atoms with Gasteiger partial charge in [0.25, 0.3) is 0 Å². The monoisotopic (exact) mass is 362 g/mol. The van der Waals surface area contributed by atoms with Crippen molar-refractivity contribution in [3.63, 3.8) is 0 Å². The zero-order chi connectivity index (χ0) is 18.1. The Labute approximate surface area is 158 Å². The summed E-state index contributed by atoms with van der Waals surface area (Å²) >= 11 is 0. The number of benzene rings is 1. The molecule has 1 saturated heterocycles. The van der Waals surface area contributed by atoms with Crippen LogP contribution < -0.4 is 14.5 Å². The molecule has 0 unspecified atom stereocenters. The number of rotatable bonds is 5. The highest BCUT2D eigenvalue weighted by atomic mass is 16.5. The molecule has 0 N–H and O–H groups in total. The summed E-state index contributed by atoms with van der Waals surface area (Å²) in [6, 6.07) is 8.20. The van der Waals surface area contributed by atoms with Crippen LogP contribution in [-0.4, -0.2) is 52.7 Å². The molecule has 27 heavy (non-hydrogen) atoms. The minimum Gasteiger partial charge on any atom is -0.477 e. The molecule has 0 radical (unpaired) electrons. The van der Waals surface area contributed by atoms with E-state index in [1.807, 2.05) is 6.07 Å². The Bertz CT molecular complexity index is 922. The average molecular weight is 362 g/mol. The molecular weight excluding hydrogens is 340 g/mol. The lowest BCUT2D eigenvalue weighted by molar-refractivity contribution is 0.292. The van der Waals surface area contributed by atoms with E-state index in [9.17, 15) is 0 Å². The molecule has 0 bridgehead atoms. The van der Waals surface area contributed by atoms with Crippen molar-refractivity contribution in [3.8, 4) is 5.88 Å². The predicted molar refractivity (Wildman–Crippen MR) is 104 cm³/mol. The van der Waals surface area contributed by atoms with Gasteiger partial charge in [0.2, 0.25) is 11.8 Å². The Balaban J connectivity index is 1.33. The maximum absolute atomic E-state index is 5.97. The smallest absolute Gasteiger partial charge is 0.225 e. The highest BCUT2D eigenvalue weighted by Crippen LogP contribution is 2.32. The number of hydrogen-bond donors (Lipinski definition) is 0. The van der Waals surface area contributed by atoms with Crippen LogP contribution in [0.1, 0.15) is 12.8 Å². The number of ether oxygens (including phenoxy) is 1. The van der Waals surface area contributed by atoms with Crippen LogP contribution in [0.2, 0.25) is 0 Å². The van der Waals surface area contributed by atoms with Crippen LogP contribution in [-0.2, 0) is 0 Å². The van der Waals surface area contributed by atoms with Crippen LogP contribution in [0.25, 0.3) is 10.9 Å². The minimum atomic E-state index is 0.699. The van der Waals surface area contributed by atoms with Crippen LogP contribution in [0.15, 0.2) is 43.0 Å². The van der Waals surface area contributed by atoms with Crippen molar-refractivity contribution >= 4 is 22.5 Å². The standard InChI is InChI=1S/C20H22N6O/c1-6-21-20(22-7-1)26-10-8-25(9-11-26)16-4-5-18-17(12-16)19(24-14-23-18)27-13-15-2-3-15/h1,4-7,12,14-15H,2-3,8-11,13H2. The molecule has 0 atom stereocenters. The molecule has 2 aliphatic rings. The Hall–Kier alpha value is -2.96. The van der Waals surface area contributed by atoms with Crippen molar-refractivity contribution in [2.45, 2.75) is 12.8 Å². The van der Waals surface area contributed by atoms with Gasteiger partial charge in [0.15, 0.2) is 0 Å². The van der Waals surface area contributed by atoms with Crippen LogP contribution in [0.4, 0.5) is 11.6 Å². The molecule has 1 saturated carbocycles. The van der Waals surface area contributed by atoms with Gasteiger partial charge in [-0.15, -0.1) is 0 Å². The summed E-state index contributed by atoms with van der Waals surface area (Å²) in [6.07, 6.45) is 7.71. The van der Waals surface area contributed by atoms with E-state index in [2.05, 4.69) is 47.9 Å². The SMILES string of the molecule is c1cnc(N2CCN(c3ccc4ncnc(OCC5CC5)c4c3)CC2)nc1. The molecule has 1 aliphatic heterocycles. The topological polar surface area (TPSA) is 67.3 Å². The van der Waals surface area contributed by atoms with Crippen LogP contribution >= 0.6 is 0 Å². The van der Waals surface area contributed by atoms with Crippen LogP contribution in [0, 0.1) is 5.92 Å². The molecule has 2 fully saturated rings. The lowest BCUT2D eigenvalue weighted by Gasteiger charge is -2.36. The molecule has 0 spiro atoms. The van der Waals surface area contributed by atoms with Gasteiger partial charge in [-0.2, -0.15) is 0 Å². The van der Waals surface area contributed by atoms with Gasteiger partial charge >= 0.3 is 0 Å². The fourth-order valence-electron chi connectivity index (χ4n) is 3.43. The Morgan fingerprint density at radius 1 is 0.926 bits per heavy atom. The van der Waals surface area contributed by atoms with E-state index < -0.39 is 0 Å². The largest absolute Gasteiger partial charge is 0.477 e. The molecule has 7 heteroatoms. The molecule has 5 rings (SSSR count). The van der Waals surface area contributed by atoms with Gasteiger partial charge in [0.05, 0.1) is 17.5 Å². The number of anilines is 2. The maximum atomic E-state index is 5.97. The molecule has 1 aromatic carbocycles. The van der Waals surface area contributed by atoms with Gasteiger partial charge in [0.1, 0.15) is 6.33 Å². The first-order valence-electron chi connectivity index (χ1n) is 9.51. The van der Waals surface area contributed by atoms with Gasteiger partial charge in [-0.3, -0.25) is 0 Å². The third-order valence-electron chi connectivity index (χ3n) is 5.21. The summed E-state index contributed by atoms with van der Waals surface area (Å²) in [6.45, 7) is 4.41. The number of piperazine rings is 1. The highest BCUT2D eigenvalue weighted by Gasteiger charge is 2.23. The molecule has 0 amide bonds. The molecule has 2 aromatic heterocycles. The number of aromatic nitrogens is 4. The summed E-state index contributed by atoms with van der Waals surface area (Å²) in [5.74, 6) is 2.20. The van der Waals surface area contributed by atoms with E-state index in [4.69, 9.17) is 4.74 Å². The quantitative estimate of drug-likeness (QED) is 0.691. The van der Waals surface area contributed by atoms with Crippen molar-refractivity contribution < 1.29 is 4.74 Å². The van der Waals surface area contributed by atoms with Crippen LogP contribution in [0.3, 0.4) is 0 Å². The zero-order valence-electron chi connectivity index (χ0n) is 15.2. The maximum Gasteiger partial charge on any atom is 0.225 e. The number of fused-ring (bicyclic) bond motifs is 1. The second-order valence-electron chi connectivity index (χ2n) is 7.16. The van der Waals surface area contributed by atoms with E-state index in [-0.39, 0.29) is 0 Å². The number of nitrogens with zero attached hydrogens (tertiary/aromatic N) is 6. The first-order chi connectivity index (χ1) is 13.4. The first-order valence-corrected chi connectivity index (χ1v) is 9.51. The van der Waals surface area contributed by atoms with Crippen molar-refractivity contribution in [1.82, 2.24) is 19.9 Å². The predicted octanol–water partition coefficient (Wildman–Crippen LogP) is 2.54. The van der Waals surface area contributed by atoms with E-state index in [0.717, 1.165) is 49.6 Å². The summed E-state index contributed by atoms with van der Waals surface area (Å²) in [4.78, 5) is 22.1. The first kappa shape index (κ1) is 16.2. The van der Waals surface area contributed by atoms with E-state index >= 15 is 0 Å². The minimum absolute atomic E-state index is 0.699. The Morgan fingerprint density at radius 2 is 1.70 bits per heavy atom. The Morgan fingerprint density at radius 3 is 2.48 bits per heavy atom. The van der Waals surface area contributed by atoms with Gasteiger partial charge in [-0.1, -0.05) is 0 Å². The van der Waals surface area contributed by atoms with Gasteiger partial charge < -0.3 is 14.5 Å². The molecule has 7 nitrogen and oxygen atoms in total. The normalized spacial score (nSPS) is 17.3. The summed E-state index contributed by atoms with van der Waals surface area (Å²) in [5.41, 5.74) is 2.11. The number of hydrogen-bond acceptors (Lipinski definition) is 7. The second kappa shape index (κ2) is 6.98. The van der Waals surface area contributed by atoms with Crippen molar-refractivity contribution in [1.29, 1.82) is 0 Å². The summed E-state index contributed by atoms with van der Waals surface area (Å²) < 4.78 is 5.97. The van der Waals surface area contributed by atoms with Gasteiger partial charge in [-0.25, -0.2) is 19.9 Å². The molecule has 3 aromatic rings. The lowest BCUT2D eigenvalue weighted by Crippen LogP contribution is -2.47. The van der Waals surface area contributed by atoms with Crippen LogP contribution in [0.5, 0.6) is 5.88 Å². The molecule has 138 valence electrons. The molecule has 3 heterocycles. The Kier molecular flexibility index (Phi) is 4.20. The summed E-state index contributed by atoms with van der Waals surface area (Å²) in [7, 11) is 0. The van der Waals surface area contributed by atoms with Crippen molar-refractivity contribution in [3.05, 3.63) is 43.0 Å². The zero-order valence-corrected chi connectivity index (χ0v) is 15.2. The van der Waals surface area contributed by atoms with Gasteiger partial charge in [-0.05, 0) is 43.0 Å². The molecule has 1 aliphatic carbocycles. The van der Waals surface area contributed by atoms with E-state index in [1.54, 1.807) is 18.7 Å². The lowest BCUT2D eigenvalue weighted by atomic mass is 10.2. The van der Waals surface area contributed by atoms with E-state index in [0.29, 0.717) is 11.8 Å². The third kappa shape index (κ3) is 3.49. The molecular formula is C20H22N6O.